The highest BCUT2D eigenvalue weighted by molar-refractivity contribution is 5.70. The predicted octanol–water partition coefficient (Wildman–Crippen LogP) is 2.51. The SMILES string of the molecule is O=C(O)C1CCCC(N2CCCCCC2)C1. The van der Waals surface area contributed by atoms with Crippen LogP contribution in [0.4, 0.5) is 0 Å². The first-order chi connectivity index (χ1) is 7.77. The number of aliphatic carboxylic acids is 1. The van der Waals surface area contributed by atoms with Gasteiger partial charge < -0.3 is 10.0 Å². The zero-order chi connectivity index (χ0) is 11.4. The molecule has 1 aliphatic heterocycles. The number of nitrogens with zero attached hydrogens (tertiary/aromatic N) is 1. The molecule has 2 aliphatic rings. The quantitative estimate of drug-likeness (QED) is 0.785. The van der Waals surface area contributed by atoms with Gasteiger partial charge in [0.15, 0.2) is 0 Å². The molecule has 0 bridgehead atoms. The van der Waals surface area contributed by atoms with Crippen molar-refractivity contribution >= 4 is 5.97 Å². The molecule has 2 rings (SSSR count). The van der Waals surface area contributed by atoms with E-state index >= 15 is 0 Å². The van der Waals surface area contributed by atoms with Crippen molar-refractivity contribution in [3.05, 3.63) is 0 Å². The minimum absolute atomic E-state index is 0.0815. The molecule has 16 heavy (non-hydrogen) atoms. The summed E-state index contributed by atoms with van der Waals surface area (Å²) in [6.45, 7) is 2.38. The highest BCUT2D eigenvalue weighted by Gasteiger charge is 2.30. The molecule has 1 aliphatic carbocycles. The Morgan fingerprint density at radius 3 is 2.31 bits per heavy atom. The summed E-state index contributed by atoms with van der Waals surface area (Å²) in [5.74, 6) is -0.665. The van der Waals surface area contributed by atoms with Crippen LogP contribution in [-0.4, -0.2) is 35.1 Å². The van der Waals surface area contributed by atoms with Gasteiger partial charge in [-0.1, -0.05) is 19.3 Å². The van der Waals surface area contributed by atoms with Gasteiger partial charge in [0, 0.05) is 6.04 Å². The Morgan fingerprint density at radius 2 is 1.69 bits per heavy atom. The molecule has 2 unspecified atom stereocenters. The van der Waals surface area contributed by atoms with Gasteiger partial charge >= 0.3 is 5.97 Å². The molecular weight excluding hydrogens is 202 g/mol. The van der Waals surface area contributed by atoms with E-state index in [0.29, 0.717) is 6.04 Å². The molecule has 0 amide bonds. The fraction of sp³-hybridized carbons (Fsp3) is 0.923. The van der Waals surface area contributed by atoms with E-state index in [9.17, 15) is 4.79 Å². The predicted molar refractivity (Wildman–Crippen MR) is 63.4 cm³/mol. The lowest BCUT2D eigenvalue weighted by atomic mass is 9.85. The topological polar surface area (TPSA) is 40.5 Å². The molecule has 1 saturated heterocycles. The molecule has 2 atom stereocenters. The molecule has 1 heterocycles. The van der Waals surface area contributed by atoms with Crippen LogP contribution in [-0.2, 0) is 4.79 Å². The molecule has 1 saturated carbocycles. The third kappa shape index (κ3) is 2.97. The summed E-state index contributed by atoms with van der Waals surface area (Å²) < 4.78 is 0. The van der Waals surface area contributed by atoms with E-state index in [-0.39, 0.29) is 5.92 Å². The van der Waals surface area contributed by atoms with Crippen molar-refractivity contribution in [3.8, 4) is 0 Å². The summed E-state index contributed by atoms with van der Waals surface area (Å²) in [6, 6.07) is 0.549. The average molecular weight is 225 g/mol. The summed E-state index contributed by atoms with van der Waals surface area (Å²) in [4.78, 5) is 13.6. The van der Waals surface area contributed by atoms with E-state index in [1.54, 1.807) is 0 Å². The number of likely N-dealkylation sites (tertiary alicyclic amines) is 1. The van der Waals surface area contributed by atoms with Crippen molar-refractivity contribution in [1.82, 2.24) is 4.90 Å². The summed E-state index contributed by atoms with van der Waals surface area (Å²) >= 11 is 0. The number of rotatable bonds is 2. The highest BCUT2D eigenvalue weighted by atomic mass is 16.4. The second-order valence-corrected chi connectivity index (χ2v) is 5.31. The standard InChI is InChI=1S/C13H23NO2/c15-13(16)11-6-5-7-12(10-11)14-8-3-1-2-4-9-14/h11-12H,1-10H2,(H,15,16). The van der Waals surface area contributed by atoms with Crippen molar-refractivity contribution in [2.24, 2.45) is 5.92 Å². The molecule has 3 nitrogen and oxygen atoms in total. The van der Waals surface area contributed by atoms with Crippen LogP contribution in [0.1, 0.15) is 51.4 Å². The zero-order valence-electron chi connectivity index (χ0n) is 10.0. The average Bonchev–Trinajstić information content (AvgIpc) is 2.57. The maximum atomic E-state index is 11.0. The van der Waals surface area contributed by atoms with Gasteiger partial charge in [0.2, 0.25) is 0 Å². The van der Waals surface area contributed by atoms with Gasteiger partial charge in [0.1, 0.15) is 0 Å². The van der Waals surface area contributed by atoms with Crippen LogP contribution < -0.4 is 0 Å². The fourth-order valence-corrected chi connectivity index (χ4v) is 3.18. The van der Waals surface area contributed by atoms with Crippen LogP contribution in [0.2, 0.25) is 0 Å². The molecule has 0 spiro atoms. The van der Waals surface area contributed by atoms with Crippen LogP contribution in [0.15, 0.2) is 0 Å². The van der Waals surface area contributed by atoms with Crippen LogP contribution in [0, 0.1) is 5.92 Å². The van der Waals surface area contributed by atoms with Gasteiger partial charge in [-0.2, -0.15) is 0 Å². The minimum atomic E-state index is -0.584. The van der Waals surface area contributed by atoms with E-state index in [1.807, 2.05) is 0 Å². The minimum Gasteiger partial charge on any atom is -0.481 e. The number of carboxylic acid groups (broad SMARTS) is 1. The first kappa shape index (κ1) is 11.9. The van der Waals surface area contributed by atoms with E-state index in [0.717, 1.165) is 19.3 Å². The fourth-order valence-electron chi connectivity index (χ4n) is 3.18. The smallest absolute Gasteiger partial charge is 0.306 e. The monoisotopic (exact) mass is 225 g/mol. The largest absolute Gasteiger partial charge is 0.481 e. The highest BCUT2D eigenvalue weighted by Crippen LogP contribution is 2.29. The molecular formula is C13H23NO2. The van der Waals surface area contributed by atoms with Crippen LogP contribution in [0.25, 0.3) is 0 Å². The van der Waals surface area contributed by atoms with Crippen molar-refractivity contribution in [2.75, 3.05) is 13.1 Å². The van der Waals surface area contributed by atoms with Crippen LogP contribution in [0.3, 0.4) is 0 Å². The van der Waals surface area contributed by atoms with Crippen LogP contribution >= 0.6 is 0 Å². The van der Waals surface area contributed by atoms with E-state index in [4.69, 9.17) is 5.11 Å². The van der Waals surface area contributed by atoms with E-state index in [2.05, 4.69) is 4.90 Å². The van der Waals surface area contributed by atoms with Gasteiger partial charge in [-0.05, 0) is 45.2 Å². The lowest BCUT2D eigenvalue weighted by Crippen LogP contribution is -2.40. The molecule has 92 valence electrons. The molecule has 1 N–H and O–H groups in total. The van der Waals surface area contributed by atoms with E-state index < -0.39 is 5.97 Å². The Labute approximate surface area is 97.8 Å². The normalized spacial score (nSPS) is 33.2. The maximum absolute atomic E-state index is 11.0. The molecule has 0 aromatic heterocycles. The number of hydrogen-bond donors (Lipinski definition) is 1. The van der Waals surface area contributed by atoms with Crippen molar-refractivity contribution in [3.63, 3.8) is 0 Å². The lowest BCUT2D eigenvalue weighted by molar-refractivity contribution is -0.143. The van der Waals surface area contributed by atoms with E-state index in [1.165, 1.54) is 45.2 Å². The van der Waals surface area contributed by atoms with Crippen molar-refractivity contribution in [1.29, 1.82) is 0 Å². The number of hydrogen-bond acceptors (Lipinski definition) is 2. The van der Waals surface area contributed by atoms with Crippen molar-refractivity contribution in [2.45, 2.75) is 57.4 Å². The molecule has 3 heteroatoms. The Bertz CT molecular complexity index is 234. The summed E-state index contributed by atoms with van der Waals surface area (Å²) in [5, 5.41) is 9.09. The second-order valence-electron chi connectivity index (χ2n) is 5.31. The third-order valence-electron chi connectivity index (χ3n) is 4.15. The summed E-state index contributed by atoms with van der Waals surface area (Å²) in [5.41, 5.74) is 0. The van der Waals surface area contributed by atoms with Gasteiger partial charge in [-0.15, -0.1) is 0 Å². The summed E-state index contributed by atoms with van der Waals surface area (Å²) in [7, 11) is 0. The number of carboxylic acids is 1. The maximum Gasteiger partial charge on any atom is 0.306 e. The lowest BCUT2D eigenvalue weighted by Gasteiger charge is -2.35. The third-order valence-corrected chi connectivity index (χ3v) is 4.15. The van der Waals surface area contributed by atoms with Gasteiger partial charge in [-0.3, -0.25) is 4.79 Å². The second kappa shape index (κ2) is 5.67. The van der Waals surface area contributed by atoms with Crippen molar-refractivity contribution < 1.29 is 9.90 Å². The van der Waals surface area contributed by atoms with Gasteiger partial charge in [0.05, 0.1) is 5.92 Å². The molecule has 0 radical (unpaired) electrons. The summed E-state index contributed by atoms with van der Waals surface area (Å²) in [6.07, 6.45) is 9.39. The molecule has 0 aromatic carbocycles. The van der Waals surface area contributed by atoms with Crippen LogP contribution in [0.5, 0.6) is 0 Å². The Morgan fingerprint density at radius 1 is 1.00 bits per heavy atom. The Balaban J connectivity index is 1.89. The van der Waals surface area contributed by atoms with Gasteiger partial charge in [-0.25, -0.2) is 0 Å². The Hall–Kier alpha value is -0.570. The first-order valence-electron chi connectivity index (χ1n) is 6.74. The Kier molecular flexibility index (Phi) is 4.22. The number of carbonyl (C=O) groups is 1. The van der Waals surface area contributed by atoms with Gasteiger partial charge in [0.25, 0.3) is 0 Å². The molecule has 2 fully saturated rings. The zero-order valence-corrected chi connectivity index (χ0v) is 10.0. The molecule has 0 aromatic rings. The first-order valence-corrected chi connectivity index (χ1v) is 6.74.